The molecular formula is C16H20O6. The minimum absolute atomic E-state index is 0.119. The van der Waals surface area contributed by atoms with Crippen LogP contribution in [-0.2, 0) is 4.74 Å². The van der Waals surface area contributed by atoms with Crippen LogP contribution in [0.1, 0.15) is 35.4 Å². The van der Waals surface area contributed by atoms with Crippen LogP contribution in [0.4, 0.5) is 0 Å². The Hall–Kier alpha value is -1.63. The molecule has 2 aliphatic rings. The molecule has 0 saturated carbocycles. The number of Topliss-reactive ketones (excluding diaryl/α,β-unsaturated/α-hetero) is 1. The van der Waals surface area contributed by atoms with Gasteiger partial charge in [0, 0.05) is 35.4 Å². The number of ketones is 1. The fourth-order valence-corrected chi connectivity index (χ4v) is 3.42. The van der Waals surface area contributed by atoms with E-state index in [-0.39, 0.29) is 24.7 Å². The van der Waals surface area contributed by atoms with Crippen molar-refractivity contribution in [3.05, 3.63) is 23.3 Å². The first kappa shape index (κ1) is 15.3. The average molecular weight is 308 g/mol. The van der Waals surface area contributed by atoms with Gasteiger partial charge in [0.2, 0.25) is 0 Å². The predicted octanol–water partition coefficient (Wildman–Crippen LogP) is 1.29. The molecule has 1 aliphatic heterocycles. The Labute approximate surface area is 128 Å². The Bertz CT molecular complexity index is 609. The SMILES string of the molecule is COc1cc(OC)c2c(c1)C(=O)C1CC(C)(O)OCC1C2O. The maximum atomic E-state index is 12.8. The number of aliphatic hydroxyl groups is 2. The van der Waals surface area contributed by atoms with Gasteiger partial charge in [0.15, 0.2) is 11.6 Å². The second kappa shape index (κ2) is 5.22. The van der Waals surface area contributed by atoms with E-state index in [1.54, 1.807) is 12.1 Å². The number of ether oxygens (including phenoxy) is 3. The predicted molar refractivity (Wildman–Crippen MR) is 77.0 cm³/mol. The second-order valence-electron chi connectivity index (χ2n) is 6.06. The van der Waals surface area contributed by atoms with Gasteiger partial charge in [-0.05, 0) is 13.0 Å². The lowest BCUT2D eigenvalue weighted by molar-refractivity contribution is -0.242. The summed E-state index contributed by atoms with van der Waals surface area (Å²) in [6.07, 6.45) is -0.721. The van der Waals surface area contributed by atoms with Crippen molar-refractivity contribution in [2.45, 2.75) is 25.2 Å². The lowest BCUT2D eigenvalue weighted by Gasteiger charge is -2.44. The molecule has 120 valence electrons. The van der Waals surface area contributed by atoms with E-state index >= 15 is 0 Å². The number of carbonyl (C=O) groups is 1. The summed E-state index contributed by atoms with van der Waals surface area (Å²) < 4.78 is 15.9. The number of rotatable bonds is 2. The van der Waals surface area contributed by atoms with Crippen LogP contribution in [-0.4, -0.2) is 42.6 Å². The number of carbonyl (C=O) groups excluding carboxylic acids is 1. The van der Waals surface area contributed by atoms with E-state index in [0.29, 0.717) is 22.6 Å². The lowest BCUT2D eigenvalue weighted by Crippen LogP contribution is -2.49. The van der Waals surface area contributed by atoms with Crippen molar-refractivity contribution in [3.63, 3.8) is 0 Å². The summed E-state index contributed by atoms with van der Waals surface area (Å²) >= 11 is 0. The Balaban J connectivity index is 2.12. The molecule has 1 saturated heterocycles. The molecule has 0 aromatic heterocycles. The summed E-state index contributed by atoms with van der Waals surface area (Å²) in [5.74, 6) is -1.42. The molecular weight excluding hydrogens is 288 g/mol. The zero-order chi connectivity index (χ0) is 16.1. The van der Waals surface area contributed by atoms with Crippen LogP contribution in [0.5, 0.6) is 11.5 Å². The molecule has 1 aromatic carbocycles. The highest BCUT2D eigenvalue weighted by atomic mass is 16.6. The van der Waals surface area contributed by atoms with Crippen LogP contribution in [0.3, 0.4) is 0 Å². The molecule has 6 nitrogen and oxygen atoms in total. The molecule has 0 radical (unpaired) electrons. The van der Waals surface area contributed by atoms with Gasteiger partial charge in [0.05, 0.1) is 26.9 Å². The van der Waals surface area contributed by atoms with Crippen molar-refractivity contribution in [1.82, 2.24) is 0 Å². The number of fused-ring (bicyclic) bond motifs is 2. The maximum absolute atomic E-state index is 12.8. The summed E-state index contributed by atoms with van der Waals surface area (Å²) in [7, 11) is 2.99. The molecule has 0 spiro atoms. The fraction of sp³-hybridized carbons (Fsp3) is 0.562. The van der Waals surface area contributed by atoms with Crippen LogP contribution < -0.4 is 9.47 Å². The maximum Gasteiger partial charge on any atom is 0.167 e. The minimum atomic E-state index is -1.35. The smallest absolute Gasteiger partial charge is 0.167 e. The second-order valence-corrected chi connectivity index (χ2v) is 6.06. The van der Waals surface area contributed by atoms with Gasteiger partial charge in [0.25, 0.3) is 0 Å². The summed E-state index contributed by atoms with van der Waals surface area (Å²) in [6.45, 7) is 1.66. The number of benzene rings is 1. The lowest BCUT2D eigenvalue weighted by atomic mass is 9.69. The topological polar surface area (TPSA) is 85.2 Å². The molecule has 1 aromatic rings. The zero-order valence-electron chi connectivity index (χ0n) is 12.8. The molecule has 2 N–H and O–H groups in total. The van der Waals surface area contributed by atoms with E-state index in [2.05, 4.69) is 0 Å². The van der Waals surface area contributed by atoms with Gasteiger partial charge in [-0.3, -0.25) is 4.79 Å². The third-order valence-corrected chi connectivity index (χ3v) is 4.58. The molecule has 3 rings (SSSR count). The molecule has 0 bridgehead atoms. The highest BCUT2D eigenvalue weighted by molar-refractivity contribution is 6.02. The Kier molecular flexibility index (Phi) is 3.63. The third kappa shape index (κ3) is 2.27. The molecule has 4 atom stereocenters. The van der Waals surface area contributed by atoms with E-state index < -0.39 is 17.8 Å². The Morgan fingerprint density at radius 3 is 2.68 bits per heavy atom. The molecule has 0 amide bonds. The molecule has 6 heteroatoms. The summed E-state index contributed by atoms with van der Waals surface area (Å²) in [5, 5.41) is 20.7. The van der Waals surface area contributed by atoms with Crippen molar-refractivity contribution in [1.29, 1.82) is 0 Å². The van der Waals surface area contributed by atoms with E-state index in [4.69, 9.17) is 14.2 Å². The fourth-order valence-electron chi connectivity index (χ4n) is 3.42. The van der Waals surface area contributed by atoms with Crippen molar-refractivity contribution in [2.24, 2.45) is 11.8 Å². The highest BCUT2D eigenvalue weighted by Crippen LogP contribution is 2.48. The van der Waals surface area contributed by atoms with Gasteiger partial charge in [0.1, 0.15) is 11.5 Å². The average Bonchev–Trinajstić information content (AvgIpc) is 2.50. The van der Waals surface area contributed by atoms with Crippen molar-refractivity contribution < 1.29 is 29.2 Å². The van der Waals surface area contributed by atoms with E-state index in [9.17, 15) is 15.0 Å². The van der Waals surface area contributed by atoms with Crippen LogP contribution in [0.15, 0.2) is 12.1 Å². The quantitative estimate of drug-likeness (QED) is 0.856. The number of hydrogen-bond acceptors (Lipinski definition) is 6. The largest absolute Gasteiger partial charge is 0.497 e. The highest BCUT2D eigenvalue weighted by Gasteiger charge is 2.49. The number of methoxy groups -OCH3 is 2. The molecule has 1 heterocycles. The standard InChI is InChI=1S/C16H20O6/c1-16(19)6-10-11(7-22-16)15(18)13-9(14(10)17)4-8(20-2)5-12(13)21-3/h4-5,10-11,15,18-19H,6-7H2,1-3H3. The Morgan fingerprint density at radius 2 is 2.05 bits per heavy atom. The van der Waals surface area contributed by atoms with Gasteiger partial charge in [-0.2, -0.15) is 0 Å². The van der Waals surface area contributed by atoms with Crippen molar-refractivity contribution in [3.8, 4) is 11.5 Å². The summed E-state index contributed by atoms with van der Waals surface area (Å²) in [4.78, 5) is 12.8. The molecule has 1 aliphatic carbocycles. The first-order chi connectivity index (χ1) is 10.4. The van der Waals surface area contributed by atoms with Crippen LogP contribution in [0.2, 0.25) is 0 Å². The van der Waals surface area contributed by atoms with Gasteiger partial charge in [-0.15, -0.1) is 0 Å². The van der Waals surface area contributed by atoms with Gasteiger partial charge >= 0.3 is 0 Å². The zero-order valence-corrected chi connectivity index (χ0v) is 12.8. The number of hydrogen-bond donors (Lipinski definition) is 2. The normalized spacial score (nSPS) is 33.9. The number of aliphatic hydroxyl groups excluding tert-OH is 1. The van der Waals surface area contributed by atoms with E-state index in [1.165, 1.54) is 21.1 Å². The van der Waals surface area contributed by atoms with Gasteiger partial charge in [-0.1, -0.05) is 0 Å². The van der Waals surface area contributed by atoms with E-state index in [1.807, 2.05) is 0 Å². The van der Waals surface area contributed by atoms with Crippen molar-refractivity contribution in [2.75, 3.05) is 20.8 Å². The molecule has 22 heavy (non-hydrogen) atoms. The van der Waals surface area contributed by atoms with Crippen LogP contribution >= 0.6 is 0 Å². The first-order valence-electron chi connectivity index (χ1n) is 7.22. The third-order valence-electron chi connectivity index (χ3n) is 4.58. The Morgan fingerprint density at radius 1 is 1.32 bits per heavy atom. The monoisotopic (exact) mass is 308 g/mol. The molecule has 4 unspecified atom stereocenters. The van der Waals surface area contributed by atoms with Crippen LogP contribution in [0, 0.1) is 11.8 Å². The summed E-state index contributed by atoms with van der Waals surface area (Å²) in [5.41, 5.74) is 0.863. The van der Waals surface area contributed by atoms with Gasteiger partial charge in [-0.25, -0.2) is 0 Å². The first-order valence-corrected chi connectivity index (χ1v) is 7.22. The minimum Gasteiger partial charge on any atom is -0.497 e. The van der Waals surface area contributed by atoms with E-state index in [0.717, 1.165) is 0 Å². The summed E-state index contributed by atoms with van der Waals surface area (Å²) in [6, 6.07) is 3.26. The molecule has 1 fully saturated rings. The van der Waals surface area contributed by atoms with Gasteiger partial charge < -0.3 is 24.4 Å². The van der Waals surface area contributed by atoms with Crippen LogP contribution in [0.25, 0.3) is 0 Å². The van der Waals surface area contributed by atoms with Crippen molar-refractivity contribution >= 4 is 5.78 Å².